The molecule has 0 aliphatic carbocycles. The predicted molar refractivity (Wildman–Crippen MR) is 111 cm³/mol. The molecule has 3 aromatic rings. The van der Waals surface area contributed by atoms with Crippen molar-refractivity contribution in [3.8, 4) is 17.1 Å². The molecule has 0 amide bonds. The summed E-state index contributed by atoms with van der Waals surface area (Å²) in [6.07, 6.45) is 0.891. The number of aromatic nitrogens is 2. The zero-order chi connectivity index (χ0) is 20.9. The van der Waals surface area contributed by atoms with Crippen LogP contribution in [0.2, 0.25) is 0 Å². The Balaban J connectivity index is 1.72. The van der Waals surface area contributed by atoms with Gasteiger partial charge in [0.15, 0.2) is 5.78 Å². The molecule has 0 saturated heterocycles. The summed E-state index contributed by atoms with van der Waals surface area (Å²) in [5, 5.41) is 8.16. The van der Waals surface area contributed by atoms with Gasteiger partial charge in [0.05, 0.1) is 17.2 Å². The van der Waals surface area contributed by atoms with Gasteiger partial charge >= 0.3 is 0 Å². The summed E-state index contributed by atoms with van der Waals surface area (Å²) in [4.78, 5) is 11.4. The Morgan fingerprint density at radius 1 is 0.966 bits per heavy atom. The van der Waals surface area contributed by atoms with Crippen LogP contribution in [-0.4, -0.2) is 31.0 Å². The highest BCUT2D eigenvalue weighted by Gasteiger charge is 2.15. The van der Waals surface area contributed by atoms with E-state index in [2.05, 4.69) is 14.9 Å². The number of rotatable bonds is 8. The summed E-state index contributed by atoms with van der Waals surface area (Å²) in [5.74, 6) is 0.348. The predicted octanol–water partition coefficient (Wildman–Crippen LogP) is 3.94. The van der Waals surface area contributed by atoms with Crippen LogP contribution >= 0.6 is 0 Å². The van der Waals surface area contributed by atoms with Crippen molar-refractivity contribution in [3.63, 3.8) is 0 Å². The fourth-order valence-corrected chi connectivity index (χ4v) is 3.61. The Morgan fingerprint density at radius 2 is 1.66 bits per heavy atom. The minimum atomic E-state index is -3.75. The Morgan fingerprint density at radius 3 is 2.21 bits per heavy atom. The van der Waals surface area contributed by atoms with Gasteiger partial charge in [0.1, 0.15) is 0 Å². The third kappa shape index (κ3) is 5.17. The molecule has 150 valence electrons. The highest BCUT2D eigenvalue weighted by molar-refractivity contribution is 7.92. The summed E-state index contributed by atoms with van der Waals surface area (Å²) in [5.41, 5.74) is 2.33. The molecule has 0 aliphatic heterocycles. The van der Waals surface area contributed by atoms with Crippen molar-refractivity contribution in [2.24, 2.45) is 0 Å². The maximum absolute atomic E-state index is 12.5. The molecule has 1 heterocycles. The molecule has 0 atom stereocenters. The average molecular weight is 411 g/mol. The number of ketones is 1. The van der Waals surface area contributed by atoms with Crippen LogP contribution in [0.5, 0.6) is 5.88 Å². The SMILES string of the molecule is CCCOc1ccc(-c2ccc(NS(=O)(=O)c3ccc(C(C)=O)cc3)cc2)nn1. The van der Waals surface area contributed by atoms with Crippen LogP contribution in [0.25, 0.3) is 11.3 Å². The second-order valence-corrected chi connectivity index (χ2v) is 8.05. The van der Waals surface area contributed by atoms with Gasteiger partial charge in [-0.2, -0.15) is 0 Å². The highest BCUT2D eigenvalue weighted by Crippen LogP contribution is 2.22. The van der Waals surface area contributed by atoms with Gasteiger partial charge in [0.25, 0.3) is 10.0 Å². The molecule has 3 rings (SSSR count). The molecule has 29 heavy (non-hydrogen) atoms. The lowest BCUT2D eigenvalue weighted by Crippen LogP contribution is -2.13. The third-order valence-electron chi connectivity index (χ3n) is 4.10. The lowest BCUT2D eigenvalue weighted by molar-refractivity contribution is 0.101. The Bertz CT molecular complexity index is 1080. The minimum Gasteiger partial charge on any atom is -0.477 e. The number of hydrogen-bond acceptors (Lipinski definition) is 6. The van der Waals surface area contributed by atoms with Gasteiger partial charge in [-0.1, -0.05) is 31.2 Å². The number of nitrogens with zero attached hydrogens (tertiary/aromatic N) is 2. The maximum Gasteiger partial charge on any atom is 0.261 e. The summed E-state index contributed by atoms with van der Waals surface area (Å²) < 4.78 is 33.0. The fraction of sp³-hybridized carbons (Fsp3) is 0.190. The molecule has 0 saturated carbocycles. The minimum absolute atomic E-state index is 0.0834. The first-order valence-corrected chi connectivity index (χ1v) is 10.6. The van der Waals surface area contributed by atoms with Crippen LogP contribution in [-0.2, 0) is 10.0 Å². The van der Waals surface area contributed by atoms with Gasteiger partial charge in [-0.15, -0.1) is 10.2 Å². The maximum atomic E-state index is 12.5. The standard InChI is InChI=1S/C21H21N3O4S/c1-3-14-28-21-13-12-20(22-23-21)17-4-8-18(9-5-17)24-29(26,27)19-10-6-16(7-11-19)15(2)25/h4-13,24H,3,14H2,1-2H3. The summed E-state index contributed by atoms with van der Waals surface area (Å²) >= 11 is 0. The van der Waals surface area contributed by atoms with Gasteiger partial charge in [0.2, 0.25) is 5.88 Å². The van der Waals surface area contributed by atoms with E-state index in [-0.39, 0.29) is 10.7 Å². The number of ether oxygens (including phenoxy) is 1. The van der Waals surface area contributed by atoms with Gasteiger partial charge < -0.3 is 4.74 Å². The smallest absolute Gasteiger partial charge is 0.261 e. The Labute approximate surface area is 169 Å². The molecule has 0 aliphatic rings. The monoisotopic (exact) mass is 411 g/mol. The Hall–Kier alpha value is -3.26. The summed E-state index contributed by atoms with van der Waals surface area (Å²) in [6, 6.07) is 16.2. The van der Waals surface area contributed by atoms with Crippen molar-refractivity contribution in [2.75, 3.05) is 11.3 Å². The van der Waals surface area contributed by atoms with Crippen LogP contribution in [0, 0.1) is 0 Å². The van der Waals surface area contributed by atoms with E-state index in [4.69, 9.17) is 4.74 Å². The largest absolute Gasteiger partial charge is 0.477 e. The normalized spacial score (nSPS) is 11.1. The molecule has 2 aromatic carbocycles. The van der Waals surface area contributed by atoms with E-state index in [0.717, 1.165) is 12.0 Å². The second-order valence-electron chi connectivity index (χ2n) is 6.37. The first-order chi connectivity index (χ1) is 13.9. The molecule has 1 aromatic heterocycles. The lowest BCUT2D eigenvalue weighted by atomic mass is 10.1. The van der Waals surface area contributed by atoms with Crippen LogP contribution in [0.15, 0.2) is 65.6 Å². The number of nitrogens with one attached hydrogen (secondary N) is 1. The number of sulfonamides is 1. The second kappa shape index (κ2) is 8.83. The number of carbonyl (C=O) groups is 1. The molecular weight excluding hydrogens is 390 g/mol. The first-order valence-electron chi connectivity index (χ1n) is 9.10. The number of hydrogen-bond donors (Lipinski definition) is 1. The van der Waals surface area contributed by atoms with E-state index in [1.807, 2.05) is 6.92 Å². The number of carbonyl (C=O) groups excluding carboxylic acids is 1. The fourth-order valence-electron chi connectivity index (χ4n) is 2.55. The topological polar surface area (TPSA) is 98.2 Å². The lowest BCUT2D eigenvalue weighted by Gasteiger charge is -2.09. The summed E-state index contributed by atoms with van der Waals surface area (Å²) in [6.45, 7) is 4.03. The van der Waals surface area contributed by atoms with Crippen LogP contribution in [0.4, 0.5) is 5.69 Å². The van der Waals surface area contributed by atoms with E-state index in [1.54, 1.807) is 36.4 Å². The quantitative estimate of drug-likeness (QED) is 0.564. The zero-order valence-electron chi connectivity index (χ0n) is 16.1. The van der Waals surface area contributed by atoms with Gasteiger partial charge in [0, 0.05) is 22.9 Å². The van der Waals surface area contributed by atoms with Crippen molar-refractivity contribution < 1.29 is 17.9 Å². The van der Waals surface area contributed by atoms with Crippen molar-refractivity contribution in [3.05, 3.63) is 66.2 Å². The van der Waals surface area contributed by atoms with E-state index in [9.17, 15) is 13.2 Å². The van der Waals surface area contributed by atoms with E-state index >= 15 is 0 Å². The van der Waals surface area contributed by atoms with Crippen LogP contribution in [0.3, 0.4) is 0 Å². The number of benzene rings is 2. The molecule has 7 nitrogen and oxygen atoms in total. The van der Waals surface area contributed by atoms with Gasteiger partial charge in [-0.05, 0) is 43.7 Å². The van der Waals surface area contributed by atoms with Crippen LogP contribution < -0.4 is 9.46 Å². The Kier molecular flexibility index (Phi) is 6.23. The molecule has 1 N–H and O–H groups in total. The van der Waals surface area contributed by atoms with Crippen molar-refractivity contribution >= 4 is 21.5 Å². The van der Waals surface area contributed by atoms with Gasteiger partial charge in [-0.25, -0.2) is 8.42 Å². The molecule has 8 heteroatoms. The first kappa shape index (κ1) is 20.5. The molecule has 0 radical (unpaired) electrons. The molecule has 0 bridgehead atoms. The number of Topliss-reactive ketones (excluding diaryl/α,β-unsaturated/α-hetero) is 1. The average Bonchev–Trinajstić information content (AvgIpc) is 2.73. The van der Waals surface area contributed by atoms with E-state index < -0.39 is 10.0 Å². The van der Waals surface area contributed by atoms with Crippen molar-refractivity contribution in [1.29, 1.82) is 0 Å². The van der Waals surface area contributed by atoms with E-state index in [1.165, 1.54) is 31.2 Å². The van der Waals surface area contributed by atoms with Crippen molar-refractivity contribution in [1.82, 2.24) is 10.2 Å². The van der Waals surface area contributed by atoms with Gasteiger partial charge in [-0.3, -0.25) is 9.52 Å². The van der Waals surface area contributed by atoms with Crippen LogP contribution in [0.1, 0.15) is 30.6 Å². The van der Waals surface area contributed by atoms with Crippen molar-refractivity contribution in [2.45, 2.75) is 25.2 Å². The third-order valence-corrected chi connectivity index (χ3v) is 5.50. The molecule has 0 spiro atoms. The number of anilines is 1. The summed E-state index contributed by atoms with van der Waals surface area (Å²) in [7, 11) is -3.75. The molecular formula is C21H21N3O4S. The highest BCUT2D eigenvalue weighted by atomic mass is 32.2. The zero-order valence-corrected chi connectivity index (χ0v) is 16.9. The molecule has 0 unspecified atom stereocenters. The van der Waals surface area contributed by atoms with E-state index in [0.29, 0.717) is 29.4 Å². The molecule has 0 fully saturated rings.